The maximum Gasteiger partial charge on any atom is 0.320 e. The van der Waals surface area contributed by atoms with Gasteiger partial charge in [0.25, 0.3) is 5.79 Å². The average Bonchev–Trinajstić information content (AvgIpc) is 2.64. The van der Waals surface area contributed by atoms with Crippen molar-refractivity contribution < 1.29 is 53.7 Å². The molecule has 1 fully saturated rings. The predicted molar refractivity (Wildman–Crippen MR) is 92.8 cm³/mol. The van der Waals surface area contributed by atoms with Crippen LogP contribution >= 0.6 is 0 Å². The molecule has 0 aromatic heterocycles. The summed E-state index contributed by atoms with van der Waals surface area (Å²) in [5.74, 6) is -10.3. The van der Waals surface area contributed by atoms with E-state index in [4.69, 9.17) is 10.2 Å². The summed E-state index contributed by atoms with van der Waals surface area (Å²) in [6.45, 7) is -0.0357. The van der Waals surface area contributed by atoms with Gasteiger partial charge >= 0.3 is 11.9 Å². The van der Waals surface area contributed by atoms with Crippen molar-refractivity contribution in [2.24, 2.45) is 5.92 Å². The molecule has 12 heteroatoms. The lowest BCUT2D eigenvalue weighted by Crippen LogP contribution is -2.73. The molecule has 6 N–H and O–H groups in total. The van der Waals surface area contributed by atoms with Gasteiger partial charge in [-0.3, -0.25) is 9.59 Å². The van der Waals surface area contributed by atoms with Gasteiger partial charge in [-0.1, -0.05) is 13.3 Å². The van der Waals surface area contributed by atoms with Crippen LogP contribution in [-0.4, -0.2) is 103 Å². The number of aliphatic hydroxyl groups excluding tert-OH is 4. The number of alkyl halides is 2. The van der Waals surface area contributed by atoms with E-state index < -0.39 is 67.1 Å². The van der Waals surface area contributed by atoms with E-state index in [1.165, 1.54) is 6.92 Å². The third-order valence-electron chi connectivity index (χ3n) is 5.06. The van der Waals surface area contributed by atoms with Crippen molar-refractivity contribution in [3.05, 3.63) is 0 Å². The number of halogens is 2. The lowest BCUT2D eigenvalue weighted by molar-refractivity contribution is -0.411. The highest BCUT2D eigenvalue weighted by atomic mass is 19.3. The second-order valence-corrected chi connectivity index (χ2v) is 7.34. The molecule has 0 aromatic rings. The van der Waals surface area contributed by atoms with E-state index in [0.29, 0.717) is 11.3 Å². The van der Waals surface area contributed by atoms with Crippen LogP contribution in [0.4, 0.5) is 8.78 Å². The first kappa shape index (κ1) is 25.6. The van der Waals surface area contributed by atoms with Crippen molar-refractivity contribution in [1.29, 1.82) is 0 Å². The largest absolute Gasteiger partial charge is 0.481 e. The number of amides is 1. The summed E-state index contributed by atoms with van der Waals surface area (Å²) in [5, 5.41) is 57.5. The lowest BCUT2D eigenvalue weighted by atomic mass is 9.88. The quantitative estimate of drug-likeness (QED) is 0.227. The van der Waals surface area contributed by atoms with Crippen LogP contribution in [0.2, 0.25) is 0 Å². The summed E-state index contributed by atoms with van der Waals surface area (Å²) < 4.78 is 34.3. The van der Waals surface area contributed by atoms with Gasteiger partial charge in [-0.05, 0) is 12.8 Å². The zero-order valence-electron chi connectivity index (χ0n) is 16.2. The number of unbranched alkanes of at least 4 members (excludes halogenated alkanes) is 1. The normalized spacial score (nSPS) is 31.3. The Balaban J connectivity index is 2.86. The smallest absolute Gasteiger partial charge is 0.320 e. The minimum Gasteiger partial charge on any atom is -0.481 e. The Labute approximate surface area is 166 Å². The van der Waals surface area contributed by atoms with Crippen LogP contribution in [0.3, 0.4) is 0 Å². The van der Waals surface area contributed by atoms with Gasteiger partial charge in [0.15, 0.2) is 0 Å². The molecule has 1 saturated heterocycles. The van der Waals surface area contributed by atoms with Gasteiger partial charge < -0.3 is 40.3 Å². The van der Waals surface area contributed by atoms with E-state index in [0.717, 1.165) is 6.92 Å². The van der Waals surface area contributed by atoms with Gasteiger partial charge in [0, 0.05) is 13.5 Å². The molecule has 0 spiro atoms. The zero-order valence-corrected chi connectivity index (χ0v) is 16.2. The first-order valence-corrected chi connectivity index (χ1v) is 9.19. The molecule has 0 aliphatic carbocycles. The predicted octanol–water partition coefficient (Wildman–Crippen LogP) is -1.48. The summed E-state index contributed by atoms with van der Waals surface area (Å²) in [6.07, 6.45) is -7.68. The number of aliphatic hydroxyl groups is 5. The Morgan fingerprint density at radius 1 is 1.21 bits per heavy atom. The Kier molecular flexibility index (Phi) is 8.87. The number of nitrogens with zero attached hydrogens (tertiary/aromatic N) is 1. The SMILES string of the molecule is CC(=O)N(CCCC[C@H](C)C(=O)O)CC(F)(F)[C@]1(O)O[C@H](CO)[C@H](O)[C@H](O)[C@H]1O. The molecular weight excluding hydrogens is 400 g/mol. The maximum atomic E-state index is 14.8. The molecule has 0 unspecified atom stereocenters. The minimum absolute atomic E-state index is 0.169. The van der Waals surface area contributed by atoms with Crippen molar-refractivity contribution >= 4 is 11.9 Å². The molecule has 1 aliphatic rings. The molecule has 10 nitrogen and oxygen atoms in total. The molecule has 6 atom stereocenters. The fourth-order valence-corrected chi connectivity index (χ4v) is 3.03. The number of hydrogen-bond acceptors (Lipinski definition) is 8. The highest BCUT2D eigenvalue weighted by Crippen LogP contribution is 2.40. The van der Waals surface area contributed by atoms with Crippen LogP contribution in [0.1, 0.15) is 33.1 Å². The van der Waals surface area contributed by atoms with E-state index >= 15 is 0 Å². The molecule has 170 valence electrons. The van der Waals surface area contributed by atoms with Gasteiger partial charge in [0.1, 0.15) is 24.4 Å². The number of carboxylic acids is 1. The molecule has 0 saturated carbocycles. The second-order valence-electron chi connectivity index (χ2n) is 7.34. The third-order valence-corrected chi connectivity index (χ3v) is 5.06. The monoisotopic (exact) mass is 429 g/mol. The number of rotatable bonds is 10. The molecule has 29 heavy (non-hydrogen) atoms. The second kappa shape index (κ2) is 10.0. The molecule has 0 bridgehead atoms. The number of carboxylic acid groups (broad SMARTS) is 1. The van der Waals surface area contributed by atoms with Gasteiger partial charge in [0.2, 0.25) is 5.91 Å². The fraction of sp³-hybridized carbons (Fsp3) is 0.882. The lowest BCUT2D eigenvalue weighted by Gasteiger charge is -2.48. The molecule has 1 rings (SSSR count). The Hall–Kier alpha value is -1.44. The third kappa shape index (κ3) is 5.80. The molecule has 0 radical (unpaired) electrons. The van der Waals surface area contributed by atoms with Crippen LogP contribution in [0.25, 0.3) is 0 Å². The van der Waals surface area contributed by atoms with E-state index in [1.54, 1.807) is 0 Å². The van der Waals surface area contributed by atoms with E-state index in [-0.39, 0.29) is 19.4 Å². The summed E-state index contributed by atoms with van der Waals surface area (Å²) in [7, 11) is 0. The van der Waals surface area contributed by atoms with E-state index in [9.17, 15) is 38.8 Å². The first-order chi connectivity index (χ1) is 13.3. The van der Waals surface area contributed by atoms with Crippen LogP contribution in [-0.2, 0) is 14.3 Å². The molecule has 0 aromatic carbocycles. The maximum absolute atomic E-state index is 14.8. The number of ether oxygens (including phenoxy) is 1. The van der Waals surface area contributed by atoms with Crippen LogP contribution in [0, 0.1) is 5.92 Å². The van der Waals surface area contributed by atoms with Gasteiger partial charge in [-0.15, -0.1) is 0 Å². The summed E-state index contributed by atoms with van der Waals surface area (Å²) >= 11 is 0. The Morgan fingerprint density at radius 3 is 2.28 bits per heavy atom. The van der Waals surface area contributed by atoms with Crippen molar-refractivity contribution in [1.82, 2.24) is 4.90 Å². The summed E-state index contributed by atoms with van der Waals surface area (Å²) in [5.41, 5.74) is 0. The molecular formula is C17H29F2NO9. The topological polar surface area (TPSA) is 168 Å². The van der Waals surface area contributed by atoms with Crippen molar-refractivity contribution in [3.8, 4) is 0 Å². The molecule has 1 heterocycles. The number of carbonyl (C=O) groups is 2. The zero-order chi connectivity index (χ0) is 22.6. The van der Waals surface area contributed by atoms with E-state index in [2.05, 4.69) is 4.74 Å². The van der Waals surface area contributed by atoms with Gasteiger partial charge in [0.05, 0.1) is 19.1 Å². The number of carbonyl (C=O) groups excluding carboxylic acids is 1. The minimum atomic E-state index is -4.28. The standard InChI is InChI=1S/C17H29F2NO9/c1-9(15(26)27)5-3-4-6-20(10(2)22)8-16(18,19)17(28)14(25)13(24)12(23)11(7-21)29-17/h9,11-14,21,23-25,28H,3-8H2,1-2H3,(H,26,27)/t9-,11+,12-,13-,14+,17+/m0/s1. The highest BCUT2D eigenvalue weighted by molar-refractivity contribution is 5.73. The number of hydrogen-bond donors (Lipinski definition) is 6. The van der Waals surface area contributed by atoms with Crippen LogP contribution < -0.4 is 0 Å². The highest BCUT2D eigenvalue weighted by Gasteiger charge is 2.66. The van der Waals surface area contributed by atoms with E-state index in [1.807, 2.05) is 0 Å². The Bertz CT molecular complexity index is 577. The first-order valence-electron chi connectivity index (χ1n) is 9.19. The van der Waals surface area contributed by atoms with Crippen molar-refractivity contribution in [2.75, 3.05) is 19.7 Å². The molecule has 1 amide bonds. The van der Waals surface area contributed by atoms with Crippen molar-refractivity contribution in [2.45, 2.75) is 69.2 Å². The summed E-state index contributed by atoms with van der Waals surface area (Å²) in [4.78, 5) is 23.2. The van der Waals surface area contributed by atoms with Gasteiger partial charge in [-0.2, -0.15) is 8.78 Å². The van der Waals surface area contributed by atoms with Gasteiger partial charge in [-0.25, -0.2) is 0 Å². The summed E-state index contributed by atoms with van der Waals surface area (Å²) in [6, 6.07) is 0. The molecule has 1 aliphatic heterocycles. The van der Waals surface area contributed by atoms with Crippen LogP contribution in [0.5, 0.6) is 0 Å². The number of aliphatic carboxylic acids is 1. The van der Waals surface area contributed by atoms with Crippen molar-refractivity contribution in [3.63, 3.8) is 0 Å². The Morgan fingerprint density at radius 2 is 1.79 bits per heavy atom. The average molecular weight is 429 g/mol. The fourth-order valence-electron chi connectivity index (χ4n) is 3.03. The van der Waals surface area contributed by atoms with Crippen LogP contribution in [0.15, 0.2) is 0 Å².